The molecule has 1 nitrogen and oxygen atoms in total. The molecule has 0 aliphatic heterocycles. The van der Waals surface area contributed by atoms with Crippen molar-refractivity contribution in [2.75, 3.05) is 0 Å². The lowest BCUT2D eigenvalue weighted by molar-refractivity contribution is -0.135. The summed E-state index contributed by atoms with van der Waals surface area (Å²) in [7, 11) is 0. The maximum atomic E-state index is 13.2. The van der Waals surface area contributed by atoms with Gasteiger partial charge in [0.2, 0.25) is 0 Å². The molecular weight excluding hydrogens is 292 g/mol. The average Bonchev–Trinajstić information content (AvgIpc) is 2.67. The standard InChI is InChI=1S/C23H34O/c24-22(17-9-8-14-20-12-4-1-5-13-20)23(18-10-3-11-19-23)21-15-6-2-7-16-21/h1,4-5,12-13,21H,2-3,6-11,14-19H2. The summed E-state index contributed by atoms with van der Waals surface area (Å²) >= 11 is 0. The fraction of sp³-hybridized carbons (Fsp3) is 0.696. The molecule has 0 atom stereocenters. The smallest absolute Gasteiger partial charge is 0.139 e. The molecule has 0 aromatic heterocycles. The van der Waals surface area contributed by atoms with Gasteiger partial charge in [0.15, 0.2) is 0 Å². The third kappa shape index (κ3) is 4.29. The van der Waals surface area contributed by atoms with Crippen LogP contribution in [0.15, 0.2) is 30.3 Å². The molecule has 0 saturated heterocycles. The lowest BCUT2D eigenvalue weighted by Crippen LogP contribution is -2.41. The first kappa shape index (κ1) is 17.7. The molecular formula is C23H34O. The van der Waals surface area contributed by atoms with E-state index in [1.54, 1.807) is 0 Å². The van der Waals surface area contributed by atoms with Crippen LogP contribution < -0.4 is 0 Å². The van der Waals surface area contributed by atoms with Crippen molar-refractivity contribution in [1.82, 2.24) is 0 Å². The van der Waals surface area contributed by atoms with Gasteiger partial charge in [0.05, 0.1) is 0 Å². The molecule has 2 saturated carbocycles. The number of carbonyl (C=O) groups excluding carboxylic acids is 1. The molecule has 0 N–H and O–H groups in total. The second kappa shape index (κ2) is 8.83. The summed E-state index contributed by atoms with van der Waals surface area (Å²) < 4.78 is 0. The predicted octanol–water partition coefficient (Wildman–Crippen LogP) is 6.50. The van der Waals surface area contributed by atoms with Crippen molar-refractivity contribution in [2.45, 2.75) is 89.9 Å². The van der Waals surface area contributed by atoms with E-state index in [0.29, 0.717) is 11.7 Å². The maximum Gasteiger partial charge on any atom is 0.139 e. The topological polar surface area (TPSA) is 17.1 Å². The third-order valence-electron chi connectivity index (χ3n) is 6.65. The van der Waals surface area contributed by atoms with Gasteiger partial charge >= 0.3 is 0 Å². The molecule has 132 valence electrons. The van der Waals surface area contributed by atoms with E-state index in [1.165, 1.54) is 69.8 Å². The Morgan fingerprint density at radius 2 is 1.54 bits per heavy atom. The van der Waals surface area contributed by atoms with Gasteiger partial charge in [0.25, 0.3) is 0 Å². The first-order chi connectivity index (χ1) is 11.8. The van der Waals surface area contributed by atoms with Gasteiger partial charge in [-0.25, -0.2) is 0 Å². The number of aryl methyl sites for hydroxylation is 1. The van der Waals surface area contributed by atoms with Gasteiger partial charge in [0, 0.05) is 11.8 Å². The van der Waals surface area contributed by atoms with E-state index < -0.39 is 0 Å². The van der Waals surface area contributed by atoms with Crippen molar-refractivity contribution in [3.63, 3.8) is 0 Å². The number of rotatable bonds is 7. The van der Waals surface area contributed by atoms with Crippen LogP contribution in [0.1, 0.15) is 89.0 Å². The van der Waals surface area contributed by atoms with Crippen LogP contribution in [0.25, 0.3) is 0 Å². The van der Waals surface area contributed by atoms with E-state index in [9.17, 15) is 4.79 Å². The van der Waals surface area contributed by atoms with Crippen LogP contribution in [0, 0.1) is 11.3 Å². The lowest BCUT2D eigenvalue weighted by atomic mass is 9.59. The fourth-order valence-electron chi connectivity index (χ4n) is 5.26. The molecule has 0 radical (unpaired) electrons. The van der Waals surface area contributed by atoms with Crippen LogP contribution in [-0.4, -0.2) is 5.78 Å². The lowest BCUT2D eigenvalue weighted by Gasteiger charge is -2.44. The maximum absolute atomic E-state index is 13.2. The largest absolute Gasteiger partial charge is 0.299 e. The van der Waals surface area contributed by atoms with Crippen molar-refractivity contribution in [2.24, 2.45) is 11.3 Å². The van der Waals surface area contributed by atoms with Crippen LogP contribution in [0.5, 0.6) is 0 Å². The molecule has 2 aliphatic rings. The van der Waals surface area contributed by atoms with E-state index in [0.717, 1.165) is 25.7 Å². The summed E-state index contributed by atoms with van der Waals surface area (Å²) in [5, 5.41) is 0. The number of benzene rings is 1. The van der Waals surface area contributed by atoms with Gasteiger partial charge in [-0.05, 0) is 56.4 Å². The molecule has 0 spiro atoms. The predicted molar refractivity (Wildman–Crippen MR) is 101 cm³/mol. The molecule has 1 aromatic carbocycles. The van der Waals surface area contributed by atoms with E-state index in [1.807, 2.05) is 0 Å². The quantitative estimate of drug-likeness (QED) is 0.523. The molecule has 3 rings (SSSR count). The van der Waals surface area contributed by atoms with Crippen LogP contribution in [0.4, 0.5) is 0 Å². The Bertz CT molecular complexity index is 492. The second-order valence-electron chi connectivity index (χ2n) is 8.17. The number of carbonyl (C=O) groups is 1. The van der Waals surface area contributed by atoms with Crippen molar-refractivity contribution < 1.29 is 4.79 Å². The molecule has 0 heterocycles. The molecule has 2 fully saturated rings. The summed E-state index contributed by atoms with van der Waals surface area (Å²) in [5.74, 6) is 1.33. The normalized spacial score (nSPS) is 21.5. The number of Topliss-reactive ketones (excluding diaryl/α,β-unsaturated/α-hetero) is 1. The average molecular weight is 327 g/mol. The zero-order valence-corrected chi connectivity index (χ0v) is 15.3. The van der Waals surface area contributed by atoms with Crippen molar-refractivity contribution in [3.8, 4) is 0 Å². The van der Waals surface area contributed by atoms with Gasteiger partial charge in [-0.2, -0.15) is 0 Å². The third-order valence-corrected chi connectivity index (χ3v) is 6.65. The van der Waals surface area contributed by atoms with E-state index in [-0.39, 0.29) is 5.41 Å². The van der Waals surface area contributed by atoms with Crippen LogP contribution in [-0.2, 0) is 11.2 Å². The minimum atomic E-state index is 0.0748. The van der Waals surface area contributed by atoms with Crippen LogP contribution >= 0.6 is 0 Å². The van der Waals surface area contributed by atoms with Crippen molar-refractivity contribution in [1.29, 1.82) is 0 Å². The Kier molecular flexibility index (Phi) is 6.51. The first-order valence-corrected chi connectivity index (χ1v) is 10.4. The number of hydrogen-bond acceptors (Lipinski definition) is 1. The molecule has 1 aromatic rings. The van der Waals surface area contributed by atoms with Gasteiger partial charge in [-0.15, -0.1) is 0 Å². The highest BCUT2D eigenvalue weighted by molar-refractivity contribution is 5.85. The van der Waals surface area contributed by atoms with Gasteiger partial charge in [0.1, 0.15) is 5.78 Å². The summed E-state index contributed by atoms with van der Waals surface area (Å²) in [5.41, 5.74) is 1.48. The zero-order chi connectivity index (χ0) is 16.7. The summed E-state index contributed by atoms with van der Waals surface area (Å²) in [6, 6.07) is 10.7. The SMILES string of the molecule is O=C(CCCCc1ccccc1)C1(C2CCCCC2)CCCCC1. The van der Waals surface area contributed by atoms with Crippen LogP contribution in [0.3, 0.4) is 0 Å². The summed E-state index contributed by atoms with van der Waals surface area (Å²) in [6.45, 7) is 0. The summed E-state index contributed by atoms with van der Waals surface area (Å²) in [6.07, 6.45) is 17.2. The first-order valence-electron chi connectivity index (χ1n) is 10.4. The molecule has 24 heavy (non-hydrogen) atoms. The van der Waals surface area contributed by atoms with E-state index in [2.05, 4.69) is 30.3 Å². The van der Waals surface area contributed by atoms with Crippen molar-refractivity contribution >= 4 is 5.78 Å². The Morgan fingerprint density at radius 1 is 0.875 bits per heavy atom. The molecule has 1 heteroatoms. The Hall–Kier alpha value is -1.11. The highest BCUT2D eigenvalue weighted by Crippen LogP contribution is 2.49. The molecule has 0 bridgehead atoms. The molecule has 2 aliphatic carbocycles. The summed E-state index contributed by atoms with van der Waals surface area (Å²) in [4.78, 5) is 13.2. The van der Waals surface area contributed by atoms with Crippen molar-refractivity contribution in [3.05, 3.63) is 35.9 Å². The Balaban J connectivity index is 1.53. The fourth-order valence-corrected chi connectivity index (χ4v) is 5.26. The van der Waals surface area contributed by atoms with Gasteiger partial charge in [-0.1, -0.05) is 68.9 Å². The Labute approximate surface area is 148 Å². The van der Waals surface area contributed by atoms with Gasteiger partial charge in [-0.3, -0.25) is 4.79 Å². The van der Waals surface area contributed by atoms with E-state index >= 15 is 0 Å². The highest BCUT2D eigenvalue weighted by Gasteiger charge is 2.44. The number of ketones is 1. The Morgan fingerprint density at radius 3 is 2.25 bits per heavy atom. The minimum Gasteiger partial charge on any atom is -0.299 e. The zero-order valence-electron chi connectivity index (χ0n) is 15.3. The minimum absolute atomic E-state index is 0.0748. The number of hydrogen-bond donors (Lipinski definition) is 0. The second-order valence-corrected chi connectivity index (χ2v) is 8.17. The highest BCUT2D eigenvalue weighted by atomic mass is 16.1. The van der Waals surface area contributed by atoms with Crippen LogP contribution in [0.2, 0.25) is 0 Å². The number of unbranched alkanes of at least 4 members (excludes halogenated alkanes) is 1. The van der Waals surface area contributed by atoms with E-state index in [4.69, 9.17) is 0 Å². The van der Waals surface area contributed by atoms with Gasteiger partial charge < -0.3 is 0 Å². The molecule has 0 amide bonds. The molecule has 0 unspecified atom stereocenters. The monoisotopic (exact) mass is 326 g/mol.